The summed E-state index contributed by atoms with van der Waals surface area (Å²) in [5, 5.41) is 4.67. The number of halogens is 2. The molecule has 1 N–H and O–H groups in total. The van der Waals surface area contributed by atoms with Crippen LogP contribution in [0.2, 0.25) is 10.0 Å². The van der Waals surface area contributed by atoms with Crippen molar-refractivity contribution in [2.24, 2.45) is 0 Å². The quantitative estimate of drug-likeness (QED) is 0.894. The number of aryl methyl sites for hydroxylation is 2. The average molecular weight is 310 g/mol. The third-order valence-electron chi connectivity index (χ3n) is 2.97. The van der Waals surface area contributed by atoms with Crippen molar-refractivity contribution in [3.8, 4) is 0 Å². The van der Waals surface area contributed by atoms with Crippen molar-refractivity contribution in [3.05, 3.63) is 51.4 Å². The van der Waals surface area contributed by atoms with Crippen molar-refractivity contribution < 1.29 is 0 Å². The molecule has 0 amide bonds. The normalized spacial score (nSPS) is 10.6. The standard InChI is InChI=1S/C15H17Cl2N3/c1-3-13-9-15(20-10(2)19-13)18-7-6-11-4-5-12(16)8-14(11)17/h4-5,8-9H,3,6-7H2,1-2H3,(H,18,19,20). The molecule has 0 saturated carbocycles. The molecule has 0 aliphatic carbocycles. The maximum Gasteiger partial charge on any atom is 0.129 e. The van der Waals surface area contributed by atoms with Gasteiger partial charge in [-0.15, -0.1) is 0 Å². The van der Waals surface area contributed by atoms with E-state index in [0.717, 1.165) is 42.3 Å². The second-order valence-electron chi connectivity index (χ2n) is 4.56. The number of rotatable bonds is 5. The second kappa shape index (κ2) is 6.91. The zero-order valence-electron chi connectivity index (χ0n) is 11.6. The predicted molar refractivity (Wildman–Crippen MR) is 84.8 cm³/mol. The van der Waals surface area contributed by atoms with Gasteiger partial charge in [-0.05, 0) is 37.5 Å². The lowest BCUT2D eigenvalue weighted by atomic mass is 10.1. The van der Waals surface area contributed by atoms with E-state index in [4.69, 9.17) is 23.2 Å². The molecule has 1 aromatic heterocycles. The van der Waals surface area contributed by atoms with Crippen molar-refractivity contribution in [1.82, 2.24) is 9.97 Å². The van der Waals surface area contributed by atoms with Gasteiger partial charge in [0.1, 0.15) is 11.6 Å². The summed E-state index contributed by atoms with van der Waals surface area (Å²) < 4.78 is 0. The van der Waals surface area contributed by atoms with Crippen LogP contribution < -0.4 is 5.32 Å². The maximum absolute atomic E-state index is 6.15. The number of hydrogen-bond donors (Lipinski definition) is 1. The maximum atomic E-state index is 6.15. The van der Waals surface area contributed by atoms with Gasteiger partial charge in [-0.1, -0.05) is 36.2 Å². The number of hydrogen-bond acceptors (Lipinski definition) is 3. The first-order valence-corrected chi connectivity index (χ1v) is 7.36. The van der Waals surface area contributed by atoms with Gasteiger partial charge in [0.2, 0.25) is 0 Å². The fraction of sp³-hybridized carbons (Fsp3) is 0.333. The van der Waals surface area contributed by atoms with Crippen LogP contribution >= 0.6 is 23.2 Å². The van der Waals surface area contributed by atoms with Gasteiger partial charge < -0.3 is 5.32 Å². The van der Waals surface area contributed by atoms with Crippen LogP contribution in [-0.2, 0) is 12.8 Å². The van der Waals surface area contributed by atoms with Crippen LogP contribution in [0.5, 0.6) is 0 Å². The van der Waals surface area contributed by atoms with Gasteiger partial charge in [-0.2, -0.15) is 0 Å². The summed E-state index contributed by atoms with van der Waals surface area (Å²) in [5.41, 5.74) is 2.12. The Bertz CT molecular complexity index is 600. The molecule has 106 valence electrons. The molecule has 0 unspecified atom stereocenters. The molecule has 1 aromatic carbocycles. The van der Waals surface area contributed by atoms with Crippen LogP contribution in [0.25, 0.3) is 0 Å². The number of anilines is 1. The Morgan fingerprint density at radius 1 is 1.15 bits per heavy atom. The SMILES string of the molecule is CCc1cc(NCCc2ccc(Cl)cc2Cl)nc(C)n1. The highest BCUT2D eigenvalue weighted by Gasteiger charge is 2.03. The molecule has 0 radical (unpaired) electrons. The van der Waals surface area contributed by atoms with Crippen molar-refractivity contribution in [3.63, 3.8) is 0 Å². The van der Waals surface area contributed by atoms with E-state index in [1.807, 2.05) is 25.1 Å². The van der Waals surface area contributed by atoms with Crippen molar-refractivity contribution in [2.45, 2.75) is 26.7 Å². The molecule has 2 rings (SSSR count). The molecule has 0 bridgehead atoms. The third kappa shape index (κ3) is 4.09. The summed E-state index contributed by atoms with van der Waals surface area (Å²) in [5.74, 6) is 1.65. The highest BCUT2D eigenvalue weighted by atomic mass is 35.5. The van der Waals surface area contributed by atoms with Gasteiger partial charge >= 0.3 is 0 Å². The second-order valence-corrected chi connectivity index (χ2v) is 5.40. The molecule has 0 spiro atoms. The van der Waals surface area contributed by atoms with Gasteiger partial charge in [-0.25, -0.2) is 9.97 Å². The summed E-state index contributed by atoms with van der Waals surface area (Å²) in [6.45, 7) is 4.75. The molecule has 2 aromatic rings. The number of nitrogens with zero attached hydrogens (tertiary/aromatic N) is 2. The van der Waals surface area contributed by atoms with E-state index in [1.165, 1.54) is 0 Å². The highest BCUT2D eigenvalue weighted by molar-refractivity contribution is 6.35. The van der Waals surface area contributed by atoms with Crippen molar-refractivity contribution >= 4 is 29.0 Å². The monoisotopic (exact) mass is 309 g/mol. The first-order chi connectivity index (χ1) is 9.58. The van der Waals surface area contributed by atoms with E-state index in [-0.39, 0.29) is 0 Å². The zero-order chi connectivity index (χ0) is 14.5. The lowest BCUT2D eigenvalue weighted by Crippen LogP contribution is -2.08. The Hall–Kier alpha value is -1.32. The van der Waals surface area contributed by atoms with E-state index < -0.39 is 0 Å². The fourth-order valence-electron chi connectivity index (χ4n) is 1.95. The summed E-state index contributed by atoms with van der Waals surface area (Å²) in [4.78, 5) is 8.73. The molecular formula is C15H17Cl2N3. The minimum Gasteiger partial charge on any atom is -0.370 e. The number of aromatic nitrogens is 2. The lowest BCUT2D eigenvalue weighted by Gasteiger charge is -2.09. The first kappa shape index (κ1) is 15.1. The summed E-state index contributed by atoms with van der Waals surface area (Å²) in [6, 6.07) is 7.56. The van der Waals surface area contributed by atoms with Gasteiger partial charge in [0.15, 0.2) is 0 Å². The Balaban J connectivity index is 1.97. The average Bonchev–Trinajstić information content (AvgIpc) is 2.40. The molecule has 0 fully saturated rings. The van der Waals surface area contributed by atoms with Crippen LogP contribution in [0.15, 0.2) is 24.3 Å². The van der Waals surface area contributed by atoms with E-state index in [1.54, 1.807) is 6.07 Å². The van der Waals surface area contributed by atoms with Crippen LogP contribution in [0.1, 0.15) is 24.0 Å². The van der Waals surface area contributed by atoms with E-state index >= 15 is 0 Å². The lowest BCUT2D eigenvalue weighted by molar-refractivity contribution is 0.932. The topological polar surface area (TPSA) is 37.8 Å². The minimum absolute atomic E-state index is 0.658. The zero-order valence-corrected chi connectivity index (χ0v) is 13.1. The van der Waals surface area contributed by atoms with Gasteiger partial charge in [-0.3, -0.25) is 0 Å². The molecular weight excluding hydrogens is 293 g/mol. The van der Waals surface area contributed by atoms with Crippen LogP contribution in [0.4, 0.5) is 5.82 Å². The largest absolute Gasteiger partial charge is 0.370 e. The Labute approximate surface area is 129 Å². The van der Waals surface area contributed by atoms with Crippen LogP contribution in [-0.4, -0.2) is 16.5 Å². The first-order valence-electron chi connectivity index (χ1n) is 6.61. The Kier molecular flexibility index (Phi) is 5.21. The van der Waals surface area contributed by atoms with Gasteiger partial charge in [0, 0.05) is 28.4 Å². The smallest absolute Gasteiger partial charge is 0.129 e. The summed E-state index contributed by atoms with van der Waals surface area (Å²) in [7, 11) is 0. The van der Waals surface area contributed by atoms with Crippen LogP contribution in [0, 0.1) is 6.92 Å². The molecule has 0 saturated heterocycles. The van der Waals surface area contributed by atoms with E-state index in [9.17, 15) is 0 Å². The van der Waals surface area contributed by atoms with Crippen molar-refractivity contribution in [1.29, 1.82) is 0 Å². The third-order valence-corrected chi connectivity index (χ3v) is 3.56. The molecule has 1 heterocycles. The van der Waals surface area contributed by atoms with Crippen LogP contribution in [0.3, 0.4) is 0 Å². The molecule has 3 nitrogen and oxygen atoms in total. The van der Waals surface area contributed by atoms with Gasteiger partial charge in [0.05, 0.1) is 0 Å². The molecule has 5 heteroatoms. The fourth-order valence-corrected chi connectivity index (χ4v) is 2.45. The Morgan fingerprint density at radius 2 is 1.95 bits per heavy atom. The molecule has 0 atom stereocenters. The van der Waals surface area contributed by atoms with Gasteiger partial charge in [0.25, 0.3) is 0 Å². The van der Waals surface area contributed by atoms with E-state index in [2.05, 4.69) is 22.2 Å². The predicted octanol–water partition coefficient (Wildman–Crippen LogP) is 4.31. The number of nitrogens with one attached hydrogen (secondary N) is 1. The highest BCUT2D eigenvalue weighted by Crippen LogP contribution is 2.21. The van der Waals surface area contributed by atoms with Crippen molar-refractivity contribution in [2.75, 3.05) is 11.9 Å². The van der Waals surface area contributed by atoms with E-state index in [0.29, 0.717) is 10.0 Å². The molecule has 0 aliphatic heterocycles. The Morgan fingerprint density at radius 3 is 2.65 bits per heavy atom. The summed E-state index contributed by atoms with van der Waals surface area (Å²) in [6.07, 6.45) is 1.72. The minimum atomic E-state index is 0.658. The number of benzene rings is 1. The summed E-state index contributed by atoms with van der Waals surface area (Å²) >= 11 is 12.0. The molecule has 0 aliphatic rings. The molecule has 20 heavy (non-hydrogen) atoms.